The Bertz CT molecular complexity index is 1100. The molecule has 0 unspecified atom stereocenters. The van der Waals surface area contributed by atoms with Crippen LogP contribution < -0.4 is 15.4 Å². The average Bonchev–Trinajstić information content (AvgIpc) is 2.64. The highest BCUT2D eigenvalue weighted by molar-refractivity contribution is 7.92. The molecule has 3 aromatic rings. The summed E-state index contributed by atoms with van der Waals surface area (Å²) in [5.74, 6) is 0. The number of nitrogens with one attached hydrogen (secondary N) is 3. The molecule has 0 saturated heterocycles. The summed E-state index contributed by atoms with van der Waals surface area (Å²) >= 11 is 11.2. The van der Waals surface area contributed by atoms with Crippen LogP contribution in [0.3, 0.4) is 0 Å². The lowest BCUT2D eigenvalue weighted by Gasteiger charge is -2.13. The second-order valence-corrected chi connectivity index (χ2v) is 8.56. The first kappa shape index (κ1) is 20.1. The van der Waals surface area contributed by atoms with Crippen molar-refractivity contribution in [3.63, 3.8) is 0 Å². The van der Waals surface area contributed by atoms with Gasteiger partial charge >= 0.3 is 0 Å². The van der Waals surface area contributed by atoms with E-state index < -0.39 is 10.0 Å². The lowest BCUT2D eigenvalue weighted by atomic mass is 10.2. The minimum absolute atomic E-state index is 0.162. The highest BCUT2D eigenvalue weighted by Gasteiger charge is 2.15. The van der Waals surface area contributed by atoms with Crippen molar-refractivity contribution >= 4 is 56.0 Å². The molecule has 0 saturated carbocycles. The second kappa shape index (κ2) is 8.60. The number of para-hydroxylation sites is 1. The van der Waals surface area contributed by atoms with Gasteiger partial charge in [-0.2, -0.15) is 0 Å². The summed E-state index contributed by atoms with van der Waals surface area (Å²) in [6.45, 7) is 1.85. The summed E-state index contributed by atoms with van der Waals surface area (Å²) in [5.41, 5.74) is 2.82. The van der Waals surface area contributed by atoms with Gasteiger partial charge in [0.1, 0.15) is 0 Å². The molecule has 5 nitrogen and oxygen atoms in total. The minimum Gasteiger partial charge on any atom is -0.332 e. The standard InChI is InChI=1S/C20H18ClN3O2S2/c1-14-5-2-3-8-19(14)24-28(25,26)18-11-9-16(10-12-18)22-20(27)23-17-7-4-6-15(21)13-17/h2-13,24H,1H3,(H2,22,23,27). The van der Waals surface area contributed by atoms with Crippen LogP contribution in [0, 0.1) is 6.92 Å². The van der Waals surface area contributed by atoms with E-state index in [1.165, 1.54) is 12.1 Å². The Morgan fingerprint density at radius 2 is 1.57 bits per heavy atom. The summed E-state index contributed by atoms with van der Waals surface area (Å²) in [6.07, 6.45) is 0. The highest BCUT2D eigenvalue weighted by Crippen LogP contribution is 2.21. The fourth-order valence-corrected chi connectivity index (χ4v) is 4.02. The van der Waals surface area contributed by atoms with Gasteiger partial charge in [-0.25, -0.2) is 8.42 Å². The van der Waals surface area contributed by atoms with E-state index in [1.807, 2.05) is 31.2 Å². The van der Waals surface area contributed by atoms with Gasteiger partial charge in [-0.05, 0) is 73.2 Å². The van der Waals surface area contributed by atoms with Gasteiger partial charge in [-0.3, -0.25) is 4.72 Å². The molecule has 144 valence electrons. The van der Waals surface area contributed by atoms with Crippen molar-refractivity contribution < 1.29 is 8.42 Å². The molecular formula is C20H18ClN3O2S2. The molecule has 0 aliphatic heterocycles. The Hall–Kier alpha value is -2.61. The molecule has 8 heteroatoms. The SMILES string of the molecule is Cc1ccccc1NS(=O)(=O)c1ccc(NC(=S)Nc2cccc(Cl)c2)cc1. The van der Waals surface area contributed by atoms with Crippen molar-refractivity contribution in [3.8, 4) is 0 Å². The maximum atomic E-state index is 12.6. The molecule has 0 radical (unpaired) electrons. The predicted octanol–water partition coefficient (Wildman–Crippen LogP) is 5.26. The number of benzene rings is 3. The van der Waals surface area contributed by atoms with Crippen LogP contribution in [0.15, 0.2) is 77.7 Å². The van der Waals surface area contributed by atoms with Crippen molar-refractivity contribution in [1.29, 1.82) is 0 Å². The van der Waals surface area contributed by atoms with E-state index in [-0.39, 0.29) is 4.90 Å². The first-order chi connectivity index (χ1) is 13.3. The van der Waals surface area contributed by atoms with E-state index >= 15 is 0 Å². The molecule has 0 atom stereocenters. The number of rotatable bonds is 5. The number of hydrogen-bond acceptors (Lipinski definition) is 3. The van der Waals surface area contributed by atoms with Crippen LogP contribution >= 0.6 is 23.8 Å². The Morgan fingerprint density at radius 3 is 2.25 bits per heavy atom. The Morgan fingerprint density at radius 1 is 0.893 bits per heavy atom. The molecule has 0 aromatic heterocycles. The maximum Gasteiger partial charge on any atom is 0.261 e. The number of hydrogen-bond donors (Lipinski definition) is 3. The molecule has 0 bridgehead atoms. The van der Waals surface area contributed by atoms with E-state index in [1.54, 1.807) is 36.4 Å². The zero-order valence-corrected chi connectivity index (χ0v) is 17.3. The zero-order chi connectivity index (χ0) is 20.1. The Labute approximate surface area is 174 Å². The van der Waals surface area contributed by atoms with Crippen molar-refractivity contribution in [2.24, 2.45) is 0 Å². The summed E-state index contributed by atoms with van der Waals surface area (Å²) in [5, 5.41) is 7.00. The predicted molar refractivity (Wildman–Crippen MR) is 120 cm³/mol. The van der Waals surface area contributed by atoms with Crippen molar-refractivity contribution in [2.45, 2.75) is 11.8 Å². The van der Waals surface area contributed by atoms with Crippen LogP contribution in [0.4, 0.5) is 17.1 Å². The molecule has 0 amide bonds. The summed E-state index contributed by atoms with van der Waals surface area (Å²) in [4.78, 5) is 0.162. The maximum absolute atomic E-state index is 12.6. The van der Waals surface area contributed by atoms with Crippen molar-refractivity contribution in [3.05, 3.63) is 83.4 Å². The molecule has 0 aliphatic rings. The van der Waals surface area contributed by atoms with Crippen LogP contribution in [0.5, 0.6) is 0 Å². The molecule has 0 aliphatic carbocycles. The van der Waals surface area contributed by atoms with E-state index in [4.69, 9.17) is 23.8 Å². The molecule has 28 heavy (non-hydrogen) atoms. The summed E-state index contributed by atoms with van der Waals surface area (Å²) < 4.78 is 27.8. The van der Waals surface area contributed by atoms with Gasteiger partial charge in [-0.15, -0.1) is 0 Å². The van der Waals surface area contributed by atoms with Crippen molar-refractivity contribution in [1.82, 2.24) is 0 Å². The lowest BCUT2D eigenvalue weighted by Crippen LogP contribution is -2.19. The topological polar surface area (TPSA) is 70.2 Å². The van der Waals surface area contributed by atoms with Crippen molar-refractivity contribution in [2.75, 3.05) is 15.4 Å². The lowest BCUT2D eigenvalue weighted by molar-refractivity contribution is 0.601. The van der Waals surface area contributed by atoms with Gasteiger partial charge in [-0.1, -0.05) is 35.9 Å². The van der Waals surface area contributed by atoms with Gasteiger partial charge in [0.2, 0.25) is 0 Å². The monoisotopic (exact) mass is 431 g/mol. The third kappa shape index (κ3) is 5.22. The Balaban J connectivity index is 1.67. The quantitative estimate of drug-likeness (QED) is 0.481. The largest absolute Gasteiger partial charge is 0.332 e. The molecule has 3 N–H and O–H groups in total. The van der Waals surface area contributed by atoms with E-state index in [0.29, 0.717) is 21.5 Å². The van der Waals surface area contributed by atoms with E-state index in [0.717, 1.165) is 11.3 Å². The number of anilines is 3. The summed E-state index contributed by atoms with van der Waals surface area (Å²) in [7, 11) is -3.68. The number of sulfonamides is 1. The molecular weight excluding hydrogens is 414 g/mol. The second-order valence-electron chi connectivity index (χ2n) is 6.03. The van der Waals surface area contributed by atoms with Crippen LogP contribution in [0.2, 0.25) is 5.02 Å². The number of halogens is 1. The number of thiocarbonyl (C=S) groups is 1. The summed E-state index contributed by atoms with van der Waals surface area (Å²) in [6, 6.07) is 20.7. The van der Waals surface area contributed by atoms with E-state index in [9.17, 15) is 8.42 Å². The highest BCUT2D eigenvalue weighted by atomic mass is 35.5. The first-order valence-electron chi connectivity index (χ1n) is 8.35. The normalized spacial score (nSPS) is 10.9. The van der Waals surface area contributed by atoms with Gasteiger partial charge in [0, 0.05) is 16.4 Å². The van der Waals surface area contributed by atoms with Gasteiger partial charge in [0.05, 0.1) is 10.6 Å². The number of aryl methyl sites for hydroxylation is 1. The van der Waals surface area contributed by atoms with Crippen LogP contribution in [-0.4, -0.2) is 13.5 Å². The fraction of sp³-hybridized carbons (Fsp3) is 0.0500. The molecule has 0 fully saturated rings. The minimum atomic E-state index is -3.68. The van der Waals surface area contributed by atoms with Gasteiger partial charge in [0.25, 0.3) is 10.0 Å². The van der Waals surface area contributed by atoms with Gasteiger partial charge < -0.3 is 10.6 Å². The first-order valence-corrected chi connectivity index (χ1v) is 10.6. The van der Waals surface area contributed by atoms with Gasteiger partial charge in [0.15, 0.2) is 5.11 Å². The fourth-order valence-electron chi connectivity index (χ4n) is 2.47. The van der Waals surface area contributed by atoms with Crippen LogP contribution in [0.1, 0.15) is 5.56 Å². The molecule has 3 rings (SSSR count). The zero-order valence-electron chi connectivity index (χ0n) is 14.9. The smallest absolute Gasteiger partial charge is 0.261 e. The molecule has 0 heterocycles. The Kier molecular flexibility index (Phi) is 6.18. The molecule has 0 spiro atoms. The van der Waals surface area contributed by atoms with Crippen LogP contribution in [-0.2, 0) is 10.0 Å². The average molecular weight is 432 g/mol. The molecule has 3 aromatic carbocycles. The van der Waals surface area contributed by atoms with Crippen LogP contribution in [0.25, 0.3) is 0 Å². The third-order valence-corrected chi connectivity index (χ3v) is 5.71. The third-order valence-electron chi connectivity index (χ3n) is 3.89. The van der Waals surface area contributed by atoms with E-state index in [2.05, 4.69) is 15.4 Å².